The summed E-state index contributed by atoms with van der Waals surface area (Å²) in [5.41, 5.74) is 2.02. The molecule has 2 rings (SSSR count). The van der Waals surface area contributed by atoms with Crippen molar-refractivity contribution in [3.8, 4) is 0 Å². The maximum atomic E-state index is 4.50. The van der Waals surface area contributed by atoms with Crippen LogP contribution in [0.3, 0.4) is 0 Å². The van der Waals surface area contributed by atoms with Crippen LogP contribution < -0.4 is 0 Å². The summed E-state index contributed by atoms with van der Waals surface area (Å²) in [5, 5.41) is 1.07. The molecular formula is C13H17N3. The zero-order valence-electron chi connectivity index (χ0n) is 10.2. The predicted octanol–water partition coefficient (Wildman–Crippen LogP) is 3.27. The maximum absolute atomic E-state index is 4.50. The Kier molecular flexibility index (Phi) is 2.86. The van der Waals surface area contributed by atoms with Crippen molar-refractivity contribution in [1.29, 1.82) is 0 Å². The molecule has 0 amide bonds. The maximum Gasteiger partial charge on any atom is 0.131 e. The van der Waals surface area contributed by atoms with Crippen LogP contribution in [0.15, 0.2) is 18.5 Å². The Morgan fingerprint density at radius 2 is 1.69 bits per heavy atom. The quantitative estimate of drug-likeness (QED) is 0.771. The van der Waals surface area contributed by atoms with E-state index in [9.17, 15) is 0 Å². The Bertz CT molecular complexity index is 456. The van der Waals surface area contributed by atoms with Crippen LogP contribution in [0.1, 0.15) is 51.0 Å². The monoisotopic (exact) mass is 215 g/mol. The van der Waals surface area contributed by atoms with Crippen molar-refractivity contribution < 1.29 is 0 Å². The molecule has 2 aromatic rings. The van der Waals surface area contributed by atoms with E-state index in [0.717, 1.165) is 22.4 Å². The zero-order chi connectivity index (χ0) is 11.7. The van der Waals surface area contributed by atoms with Gasteiger partial charge in [0.2, 0.25) is 0 Å². The first-order valence-electron chi connectivity index (χ1n) is 5.70. The molecule has 0 atom stereocenters. The molecular weight excluding hydrogens is 198 g/mol. The highest BCUT2D eigenvalue weighted by molar-refractivity contribution is 5.77. The molecule has 0 aromatic carbocycles. The van der Waals surface area contributed by atoms with Crippen molar-refractivity contribution in [3.05, 3.63) is 30.0 Å². The molecule has 0 aliphatic rings. The third-order valence-electron chi connectivity index (χ3n) is 2.61. The van der Waals surface area contributed by atoms with Gasteiger partial charge in [-0.2, -0.15) is 0 Å². The minimum Gasteiger partial charge on any atom is -0.259 e. The van der Waals surface area contributed by atoms with Gasteiger partial charge in [-0.25, -0.2) is 9.97 Å². The average Bonchev–Trinajstić information content (AvgIpc) is 2.27. The number of rotatable bonds is 2. The smallest absolute Gasteiger partial charge is 0.131 e. The molecule has 0 unspecified atom stereocenters. The minimum absolute atomic E-state index is 0.356. The second-order valence-electron chi connectivity index (χ2n) is 4.71. The largest absolute Gasteiger partial charge is 0.259 e. The summed E-state index contributed by atoms with van der Waals surface area (Å²) in [6, 6.07) is 2.07. The Labute approximate surface area is 96.0 Å². The Morgan fingerprint density at radius 3 is 2.31 bits per heavy atom. The summed E-state index contributed by atoms with van der Waals surface area (Å²) in [5.74, 6) is 1.68. The summed E-state index contributed by atoms with van der Waals surface area (Å²) in [7, 11) is 0. The number of fused-ring (bicyclic) bond motifs is 1. The first-order chi connectivity index (χ1) is 7.58. The van der Waals surface area contributed by atoms with Crippen LogP contribution in [0, 0.1) is 0 Å². The fraction of sp³-hybridized carbons (Fsp3) is 0.462. The van der Waals surface area contributed by atoms with Crippen molar-refractivity contribution in [3.63, 3.8) is 0 Å². The van der Waals surface area contributed by atoms with E-state index >= 15 is 0 Å². The lowest BCUT2D eigenvalue weighted by Crippen LogP contribution is -1.99. The van der Waals surface area contributed by atoms with E-state index in [4.69, 9.17) is 0 Å². The van der Waals surface area contributed by atoms with E-state index < -0.39 is 0 Å². The molecule has 3 nitrogen and oxygen atoms in total. The lowest BCUT2D eigenvalue weighted by molar-refractivity contribution is 0.780. The van der Waals surface area contributed by atoms with Gasteiger partial charge in [-0.3, -0.25) is 4.98 Å². The third-order valence-corrected chi connectivity index (χ3v) is 2.61. The van der Waals surface area contributed by atoms with E-state index in [1.165, 1.54) is 0 Å². The van der Waals surface area contributed by atoms with Gasteiger partial charge in [-0.15, -0.1) is 0 Å². The number of nitrogens with zero attached hydrogens (tertiary/aromatic N) is 3. The van der Waals surface area contributed by atoms with E-state index in [2.05, 4.69) is 48.7 Å². The van der Waals surface area contributed by atoms with Gasteiger partial charge < -0.3 is 0 Å². The topological polar surface area (TPSA) is 38.7 Å². The van der Waals surface area contributed by atoms with Gasteiger partial charge in [0.05, 0.1) is 11.7 Å². The van der Waals surface area contributed by atoms with Crippen LogP contribution in [0.25, 0.3) is 10.9 Å². The van der Waals surface area contributed by atoms with Crippen LogP contribution in [-0.2, 0) is 0 Å². The third kappa shape index (κ3) is 2.03. The Morgan fingerprint density at radius 1 is 0.938 bits per heavy atom. The fourth-order valence-corrected chi connectivity index (χ4v) is 1.56. The van der Waals surface area contributed by atoms with Crippen LogP contribution in [0.2, 0.25) is 0 Å². The molecule has 2 aromatic heterocycles. The van der Waals surface area contributed by atoms with E-state index in [0.29, 0.717) is 11.8 Å². The molecule has 0 fully saturated rings. The molecule has 0 aliphatic heterocycles. The van der Waals surface area contributed by atoms with Crippen LogP contribution in [-0.4, -0.2) is 15.0 Å². The van der Waals surface area contributed by atoms with Crippen LogP contribution in [0.5, 0.6) is 0 Å². The van der Waals surface area contributed by atoms with E-state index in [1.807, 2.05) is 12.4 Å². The summed E-state index contributed by atoms with van der Waals surface area (Å²) in [6.07, 6.45) is 3.74. The molecule has 2 heterocycles. The van der Waals surface area contributed by atoms with E-state index in [1.54, 1.807) is 0 Å². The van der Waals surface area contributed by atoms with Gasteiger partial charge in [0.1, 0.15) is 5.82 Å². The molecule has 0 bridgehead atoms. The lowest BCUT2D eigenvalue weighted by Gasteiger charge is -2.07. The van der Waals surface area contributed by atoms with Crippen molar-refractivity contribution >= 4 is 10.9 Å². The summed E-state index contributed by atoms with van der Waals surface area (Å²) in [4.78, 5) is 13.3. The van der Waals surface area contributed by atoms with Crippen LogP contribution >= 0.6 is 0 Å². The van der Waals surface area contributed by atoms with Gasteiger partial charge in [-0.1, -0.05) is 27.7 Å². The summed E-state index contributed by atoms with van der Waals surface area (Å²) < 4.78 is 0. The summed E-state index contributed by atoms with van der Waals surface area (Å²) >= 11 is 0. The number of hydrogen-bond acceptors (Lipinski definition) is 3. The number of aromatic nitrogens is 3. The second kappa shape index (κ2) is 4.16. The summed E-state index contributed by atoms with van der Waals surface area (Å²) in [6.45, 7) is 8.46. The van der Waals surface area contributed by atoms with Gasteiger partial charge in [0.25, 0.3) is 0 Å². The fourth-order valence-electron chi connectivity index (χ4n) is 1.56. The first kappa shape index (κ1) is 11.0. The minimum atomic E-state index is 0.356. The molecule has 16 heavy (non-hydrogen) atoms. The van der Waals surface area contributed by atoms with E-state index in [-0.39, 0.29) is 0 Å². The Balaban J connectivity index is 2.53. The molecule has 84 valence electrons. The average molecular weight is 215 g/mol. The molecule has 0 spiro atoms. The second-order valence-corrected chi connectivity index (χ2v) is 4.71. The van der Waals surface area contributed by atoms with Crippen LogP contribution in [0.4, 0.5) is 0 Å². The first-order valence-corrected chi connectivity index (χ1v) is 5.70. The highest BCUT2D eigenvalue weighted by Crippen LogP contribution is 2.18. The highest BCUT2D eigenvalue weighted by atomic mass is 14.9. The van der Waals surface area contributed by atoms with Crippen molar-refractivity contribution in [2.45, 2.75) is 39.5 Å². The molecule has 0 N–H and O–H groups in total. The van der Waals surface area contributed by atoms with Crippen molar-refractivity contribution in [2.24, 2.45) is 0 Å². The number of pyridine rings is 1. The number of hydrogen-bond donors (Lipinski definition) is 0. The SMILES string of the molecule is CC(C)c1cc2cnc(C(C)C)nc2cn1. The molecule has 3 heteroatoms. The molecule has 0 radical (unpaired) electrons. The van der Waals surface area contributed by atoms with Crippen molar-refractivity contribution in [1.82, 2.24) is 15.0 Å². The van der Waals surface area contributed by atoms with Gasteiger partial charge in [0, 0.05) is 23.2 Å². The molecule has 0 saturated carbocycles. The Hall–Kier alpha value is -1.51. The molecule has 0 saturated heterocycles. The molecule has 0 aliphatic carbocycles. The highest BCUT2D eigenvalue weighted by Gasteiger charge is 2.06. The zero-order valence-corrected chi connectivity index (χ0v) is 10.2. The van der Waals surface area contributed by atoms with Gasteiger partial charge >= 0.3 is 0 Å². The predicted molar refractivity (Wildman–Crippen MR) is 65.5 cm³/mol. The lowest BCUT2D eigenvalue weighted by atomic mass is 10.1. The van der Waals surface area contributed by atoms with Gasteiger partial charge in [-0.05, 0) is 12.0 Å². The van der Waals surface area contributed by atoms with Gasteiger partial charge in [0.15, 0.2) is 0 Å². The standard InChI is InChI=1S/C13H17N3/c1-8(2)11-5-10-6-15-13(9(3)4)16-12(10)7-14-11/h5-9H,1-4H3. The normalized spacial score (nSPS) is 11.6. The van der Waals surface area contributed by atoms with Crippen molar-refractivity contribution in [2.75, 3.05) is 0 Å².